The molecule has 0 saturated carbocycles. The topological polar surface area (TPSA) is 53.4 Å². The van der Waals surface area contributed by atoms with Gasteiger partial charge >= 0.3 is 5.97 Å². The summed E-state index contributed by atoms with van der Waals surface area (Å²) in [4.78, 5) is 17.9. The van der Waals surface area contributed by atoms with Gasteiger partial charge in [0.1, 0.15) is 5.56 Å². The van der Waals surface area contributed by atoms with Gasteiger partial charge in [-0.25, -0.2) is 4.79 Å². The summed E-state index contributed by atoms with van der Waals surface area (Å²) in [7, 11) is 0. The van der Waals surface area contributed by atoms with Crippen LogP contribution in [0, 0.1) is 0 Å². The summed E-state index contributed by atoms with van der Waals surface area (Å²) in [6.45, 7) is 7.04. The van der Waals surface area contributed by atoms with Crippen LogP contribution in [0.25, 0.3) is 10.9 Å². The van der Waals surface area contributed by atoms with Crippen LogP contribution in [0.2, 0.25) is 0 Å². The van der Waals surface area contributed by atoms with E-state index < -0.39 is 5.97 Å². The molecule has 4 nitrogen and oxygen atoms in total. The highest BCUT2D eigenvalue weighted by Crippen LogP contribution is 2.31. The molecule has 0 radical (unpaired) electrons. The normalized spacial score (nSPS) is 12.3. The van der Waals surface area contributed by atoms with Gasteiger partial charge in [-0.2, -0.15) is 0 Å². The highest BCUT2D eigenvalue weighted by atomic mass is 16.4. The molecule has 0 fully saturated rings. The molecular weight excluding hydrogens is 252 g/mol. The van der Waals surface area contributed by atoms with Crippen molar-refractivity contribution in [3.05, 3.63) is 36.0 Å². The summed E-state index contributed by atoms with van der Waals surface area (Å²) in [5, 5.41) is 10.4. The lowest BCUT2D eigenvalue weighted by atomic mass is 10.1. The minimum atomic E-state index is -0.931. The van der Waals surface area contributed by atoms with Crippen LogP contribution in [0.5, 0.6) is 0 Å². The van der Waals surface area contributed by atoms with Crippen LogP contribution in [0.15, 0.2) is 30.5 Å². The minimum absolute atomic E-state index is 0.269. The standard InChI is InChI=1S/C16H20N2O2/c1-4-11(3)18(5-2)15-12-8-6-7-9-14(12)17-10-13(15)16(19)20/h6-11H,4-5H2,1-3H3,(H,19,20). The average molecular weight is 272 g/mol. The quantitative estimate of drug-likeness (QED) is 0.904. The number of para-hydroxylation sites is 1. The van der Waals surface area contributed by atoms with Crippen molar-refractivity contribution in [2.45, 2.75) is 33.2 Å². The van der Waals surface area contributed by atoms with Gasteiger partial charge in [-0.15, -0.1) is 0 Å². The van der Waals surface area contributed by atoms with Gasteiger partial charge in [0.05, 0.1) is 11.2 Å². The lowest BCUT2D eigenvalue weighted by Crippen LogP contribution is -2.33. The smallest absolute Gasteiger partial charge is 0.339 e. The van der Waals surface area contributed by atoms with Crippen LogP contribution in [0.1, 0.15) is 37.6 Å². The van der Waals surface area contributed by atoms with Gasteiger partial charge in [-0.1, -0.05) is 25.1 Å². The number of aromatic carboxylic acids is 1. The Morgan fingerprint density at radius 3 is 2.65 bits per heavy atom. The first-order valence-corrected chi connectivity index (χ1v) is 6.97. The van der Waals surface area contributed by atoms with E-state index in [9.17, 15) is 9.90 Å². The number of carboxylic acids is 1. The molecule has 0 saturated heterocycles. The van der Waals surface area contributed by atoms with Crippen molar-refractivity contribution < 1.29 is 9.90 Å². The molecule has 1 aromatic heterocycles. The van der Waals surface area contributed by atoms with Crippen molar-refractivity contribution >= 4 is 22.6 Å². The Kier molecular flexibility index (Phi) is 4.23. The maximum absolute atomic E-state index is 11.5. The highest BCUT2D eigenvalue weighted by Gasteiger charge is 2.21. The summed E-state index contributed by atoms with van der Waals surface area (Å²) < 4.78 is 0. The zero-order valence-corrected chi connectivity index (χ0v) is 12.1. The summed E-state index contributed by atoms with van der Waals surface area (Å²) >= 11 is 0. The Balaban J connectivity index is 2.74. The number of benzene rings is 1. The first kappa shape index (κ1) is 14.3. The van der Waals surface area contributed by atoms with E-state index in [4.69, 9.17) is 0 Å². The molecule has 1 aromatic carbocycles. The third-order valence-electron chi connectivity index (χ3n) is 3.73. The van der Waals surface area contributed by atoms with Crippen molar-refractivity contribution in [2.24, 2.45) is 0 Å². The number of carboxylic acid groups (broad SMARTS) is 1. The Labute approximate surface area is 119 Å². The maximum atomic E-state index is 11.5. The summed E-state index contributed by atoms with van der Waals surface area (Å²) in [6, 6.07) is 7.97. The lowest BCUT2D eigenvalue weighted by molar-refractivity contribution is 0.0697. The van der Waals surface area contributed by atoms with Gasteiger partial charge < -0.3 is 10.0 Å². The summed E-state index contributed by atoms with van der Waals surface area (Å²) in [5.41, 5.74) is 1.88. The van der Waals surface area contributed by atoms with Gasteiger partial charge in [-0.05, 0) is 26.3 Å². The van der Waals surface area contributed by atoms with Gasteiger partial charge in [0, 0.05) is 24.2 Å². The van der Waals surface area contributed by atoms with Gasteiger partial charge in [0.15, 0.2) is 0 Å². The molecule has 2 aromatic rings. The summed E-state index contributed by atoms with van der Waals surface area (Å²) in [6.07, 6.45) is 2.43. The number of hydrogen-bond donors (Lipinski definition) is 1. The molecule has 2 rings (SSSR count). The van der Waals surface area contributed by atoms with Crippen molar-refractivity contribution in [3.63, 3.8) is 0 Å². The van der Waals surface area contributed by atoms with Crippen LogP contribution < -0.4 is 4.90 Å². The lowest BCUT2D eigenvalue weighted by Gasteiger charge is -2.31. The van der Waals surface area contributed by atoms with Gasteiger partial charge in [0.25, 0.3) is 0 Å². The van der Waals surface area contributed by atoms with Crippen LogP contribution in [0.3, 0.4) is 0 Å². The zero-order chi connectivity index (χ0) is 14.7. The molecule has 4 heteroatoms. The number of rotatable bonds is 5. The molecule has 20 heavy (non-hydrogen) atoms. The number of aromatic nitrogens is 1. The molecule has 1 atom stereocenters. The first-order valence-electron chi connectivity index (χ1n) is 6.97. The SMILES string of the molecule is CCC(C)N(CC)c1c(C(=O)O)cnc2ccccc12. The predicted molar refractivity (Wildman–Crippen MR) is 81.5 cm³/mol. The van der Waals surface area contributed by atoms with Crippen LogP contribution in [0.4, 0.5) is 5.69 Å². The van der Waals surface area contributed by atoms with E-state index in [-0.39, 0.29) is 11.6 Å². The van der Waals surface area contributed by atoms with E-state index in [2.05, 4.69) is 23.7 Å². The highest BCUT2D eigenvalue weighted by molar-refractivity contribution is 6.04. The third kappa shape index (κ3) is 2.46. The number of carbonyl (C=O) groups is 1. The van der Waals surface area contributed by atoms with Crippen molar-refractivity contribution in [1.29, 1.82) is 0 Å². The molecule has 1 N–H and O–H groups in total. The monoisotopic (exact) mass is 272 g/mol. The molecule has 0 spiro atoms. The molecular formula is C16H20N2O2. The van der Waals surface area contributed by atoms with E-state index in [1.807, 2.05) is 31.2 Å². The Morgan fingerprint density at radius 2 is 2.05 bits per heavy atom. The summed E-state index contributed by atoms with van der Waals surface area (Å²) in [5.74, 6) is -0.931. The molecule has 0 aliphatic carbocycles. The number of hydrogen-bond acceptors (Lipinski definition) is 3. The fraction of sp³-hybridized carbons (Fsp3) is 0.375. The van der Waals surface area contributed by atoms with Crippen LogP contribution >= 0.6 is 0 Å². The molecule has 0 bridgehead atoms. The average Bonchev–Trinajstić information content (AvgIpc) is 2.47. The number of anilines is 1. The fourth-order valence-electron chi connectivity index (χ4n) is 2.50. The molecule has 1 unspecified atom stereocenters. The van der Waals surface area contributed by atoms with E-state index in [0.29, 0.717) is 0 Å². The van der Waals surface area contributed by atoms with E-state index >= 15 is 0 Å². The zero-order valence-electron chi connectivity index (χ0n) is 12.1. The van der Waals surface area contributed by atoms with Crippen molar-refractivity contribution in [2.75, 3.05) is 11.4 Å². The second-order valence-corrected chi connectivity index (χ2v) is 4.89. The van der Waals surface area contributed by atoms with E-state index in [0.717, 1.165) is 29.6 Å². The molecule has 0 aliphatic heterocycles. The predicted octanol–water partition coefficient (Wildman–Crippen LogP) is 3.56. The van der Waals surface area contributed by atoms with Crippen LogP contribution in [-0.4, -0.2) is 28.6 Å². The molecule has 106 valence electrons. The molecule has 0 amide bonds. The maximum Gasteiger partial charge on any atom is 0.339 e. The molecule has 1 heterocycles. The fourth-order valence-corrected chi connectivity index (χ4v) is 2.50. The Morgan fingerprint density at radius 1 is 1.35 bits per heavy atom. The second-order valence-electron chi connectivity index (χ2n) is 4.89. The minimum Gasteiger partial charge on any atom is -0.478 e. The van der Waals surface area contributed by atoms with E-state index in [1.54, 1.807) is 0 Å². The number of pyridine rings is 1. The third-order valence-corrected chi connectivity index (χ3v) is 3.73. The number of nitrogens with zero attached hydrogens (tertiary/aromatic N) is 2. The Hall–Kier alpha value is -2.10. The van der Waals surface area contributed by atoms with Gasteiger partial charge in [0.2, 0.25) is 0 Å². The van der Waals surface area contributed by atoms with Crippen molar-refractivity contribution in [3.8, 4) is 0 Å². The second kappa shape index (κ2) is 5.90. The molecule has 0 aliphatic rings. The first-order chi connectivity index (χ1) is 9.60. The van der Waals surface area contributed by atoms with E-state index in [1.165, 1.54) is 6.20 Å². The van der Waals surface area contributed by atoms with Crippen LogP contribution in [-0.2, 0) is 0 Å². The number of fused-ring (bicyclic) bond motifs is 1. The van der Waals surface area contributed by atoms with Crippen molar-refractivity contribution in [1.82, 2.24) is 4.98 Å². The largest absolute Gasteiger partial charge is 0.478 e. The van der Waals surface area contributed by atoms with Gasteiger partial charge in [-0.3, -0.25) is 4.98 Å². The Bertz CT molecular complexity index is 625.